The SMILES string of the molecule is CCN1CCN(c2c(/C=C3\SC(=S)N(C4CCCC4)C3=O)c(C)c(C#N)c(=O)n2CC)CC1. The number of likely N-dealkylation sites (N-methyl/N-ethyl adjacent to an activating group) is 1. The van der Waals surface area contributed by atoms with Gasteiger partial charge in [-0.15, -0.1) is 0 Å². The molecule has 3 heterocycles. The fourth-order valence-corrected chi connectivity index (χ4v) is 6.52. The van der Waals surface area contributed by atoms with Crippen LogP contribution in [0.25, 0.3) is 6.08 Å². The van der Waals surface area contributed by atoms with E-state index in [-0.39, 0.29) is 23.1 Å². The first kappa shape index (κ1) is 24.0. The van der Waals surface area contributed by atoms with Crippen LogP contribution in [0.3, 0.4) is 0 Å². The lowest BCUT2D eigenvalue weighted by Crippen LogP contribution is -2.48. The number of aromatic nitrogens is 1. The third-order valence-electron chi connectivity index (χ3n) is 7.07. The molecule has 0 unspecified atom stereocenters. The molecule has 0 radical (unpaired) electrons. The number of carbonyl (C=O) groups is 1. The zero-order valence-corrected chi connectivity index (χ0v) is 21.2. The first-order valence-electron chi connectivity index (χ1n) is 11.8. The molecule has 33 heavy (non-hydrogen) atoms. The van der Waals surface area contributed by atoms with Gasteiger partial charge in [-0.3, -0.25) is 19.1 Å². The van der Waals surface area contributed by atoms with E-state index < -0.39 is 0 Å². The third-order valence-corrected chi connectivity index (χ3v) is 8.40. The van der Waals surface area contributed by atoms with Crippen LogP contribution in [0.2, 0.25) is 0 Å². The maximum absolute atomic E-state index is 13.4. The fraction of sp³-hybridized carbons (Fsp3) is 0.583. The van der Waals surface area contributed by atoms with Crippen LogP contribution in [-0.2, 0) is 11.3 Å². The van der Waals surface area contributed by atoms with Gasteiger partial charge in [-0.2, -0.15) is 5.26 Å². The monoisotopic (exact) mass is 485 g/mol. The van der Waals surface area contributed by atoms with Gasteiger partial charge in [0.1, 0.15) is 21.8 Å². The van der Waals surface area contributed by atoms with E-state index in [2.05, 4.69) is 22.8 Å². The zero-order chi connectivity index (χ0) is 23.7. The molecule has 7 nitrogen and oxygen atoms in total. The third kappa shape index (κ3) is 4.36. The van der Waals surface area contributed by atoms with E-state index in [1.807, 2.05) is 19.9 Å². The number of hydrogen-bond acceptors (Lipinski definition) is 7. The van der Waals surface area contributed by atoms with Gasteiger partial charge in [-0.05, 0) is 44.9 Å². The molecule has 0 bridgehead atoms. The van der Waals surface area contributed by atoms with Crippen molar-refractivity contribution in [3.8, 4) is 6.07 Å². The molecule has 0 N–H and O–H groups in total. The molecule has 176 valence electrons. The van der Waals surface area contributed by atoms with Gasteiger partial charge in [0.15, 0.2) is 0 Å². The highest BCUT2D eigenvalue weighted by Gasteiger charge is 2.38. The van der Waals surface area contributed by atoms with Gasteiger partial charge in [0.05, 0.1) is 4.91 Å². The Balaban J connectivity index is 1.82. The minimum Gasteiger partial charge on any atom is -0.355 e. The van der Waals surface area contributed by atoms with E-state index in [0.29, 0.717) is 21.3 Å². The lowest BCUT2D eigenvalue weighted by atomic mass is 10.0. The quantitative estimate of drug-likeness (QED) is 0.468. The van der Waals surface area contributed by atoms with Crippen molar-refractivity contribution in [3.05, 3.63) is 31.9 Å². The summed E-state index contributed by atoms with van der Waals surface area (Å²) in [4.78, 5) is 33.5. The van der Waals surface area contributed by atoms with Crippen molar-refractivity contribution in [3.63, 3.8) is 0 Å². The Labute approximate surface area is 205 Å². The topological polar surface area (TPSA) is 72.6 Å². The maximum atomic E-state index is 13.4. The van der Waals surface area contributed by atoms with Crippen molar-refractivity contribution in [2.24, 2.45) is 0 Å². The summed E-state index contributed by atoms with van der Waals surface area (Å²) in [5.41, 5.74) is 1.29. The van der Waals surface area contributed by atoms with E-state index in [1.165, 1.54) is 11.8 Å². The van der Waals surface area contributed by atoms with Crippen molar-refractivity contribution < 1.29 is 4.79 Å². The zero-order valence-electron chi connectivity index (χ0n) is 19.6. The van der Waals surface area contributed by atoms with E-state index in [9.17, 15) is 14.9 Å². The molecule has 1 amide bonds. The molecule has 1 aromatic heterocycles. The lowest BCUT2D eigenvalue weighted by Gasteiger charge is -2.37. The van der Waals surface area contributed by atoms with Crippen LogP contribution in [0.1, 0.15) is 56.2 Å². The van der Waals surface area contributed by atoms with Crippen LogP contribution in [0, 0.1) is 18.3 Å². The first-order chi connectivity index (χ1) is 15.9. The van der Waals surface area contributed by atoms with Crippen molar-refractivity contribution in [2.45, 2.75) is 59.0 Å². The molecule has 0 aromatic carbocycles. The average Bonchev–Trinajstić information content (AvgIpc) is 3.43. The van der Waals surface area contributed by atoms with Gasteiger partial charge >= 0.3 is 0 Å². The fourth-order valence-electron chi connectivity index (χ4n) is 5.14. The molecule has 4 rings (SSSR count). The molecule has 3 aliphatic rings. The molecule has 1 saturated carbocycles. The molecular weight excluding hydrogens is 454 g/mol. The number of piperazine rings is 1. The first-order valence-corrected chi connectivity index (χ1v) is 13.1. The van der Waals surface area contributed by atoms with Gasteiger partial charge in [0.2, 0.25) is 0 Å². The predicted molar refractivity (Wildman–Crippen MR) is 137 cm³/mol. The standard InChI is InChI=1S/C24H31N5O2S2/c1-4-26-10-12-27(13-11-26)21-18(16(3)19(15-25)22(30)28(21)5-2)14-20-23(31)29(24(32)33-20)17-8-6-7-9-17/h14,17H,4-13H2,1-3H3/b20-14-. The van der Waals surface area contributed by atoms with Crippen LogP contribution >= 0.6 is 24.0 Å². The number of pyridine rings is 1. The van der Waals surface area contributed by atoms with Crippen LogP contribution in [0.4, 0.5) is 5.82 Å². The predicted octanol–water partition coefficient (Wildman–Crippen LogP) is 3.33. The van der Waals surface area contributed by atoms with Crippen LogP contribution in [0.5, 0.6) is 0 Å². The molecule has 9 heteroatoms. The maximum Gasteiger partial charge on any atom is 0.270 e. The van der Waals surface area contributed by atoms with E-state index in [1.54, 1.807) is 9.47 Å². The van der Waals surface area contributed by atoms with Crippen molar-refractivity contribution >= 4 is 46.1 Å². The second kappa shape index (κ2) is 10.00. The van der Waals surface area contributed by atoms with Crippen molar-refractivity contribution in [1.29, 1.82) is 5.26 Å². The molecule has 1 aliphatic carbocycles. The van der Waals surface area contributed by atoms with E-state index in [4.69, 9.17) is 12.2 Å². The highest BCUT2D eigenvalue weighted by Crippen LogP contribution is 2.39. The number of hydrogen-bond donors (Lipinski definition) is 0. The summed E-state index contributed by atoms with van der Waals surface area (Å²) in [6, 6.07) is 2.29. The summed E-state index contributed by atoms with van der Waals surface area (Å²) >= 11 is 6.92. The second-order valence-corrected chi connectivity index (χ2v) is 10.5. The molecular formula is C24H31N5O2S2. The van der Waals surface area contributed by atoms with Crippen molar-refractivity contribution in [1.82, 2.24) is 14.4 Å². The normalized spacial score (nSPS) is 21.5. The van der Waals surface area contributed by atoms with Gasteiger partial charge in [-0.1, -0.05) is 43.7 Å². The van der Waals surface area contributed by atoms with Gasteiger partial charge in [-0.25, -0.2) is 0 Å². The Morgan fingerprint density at radius 3 is 2.36 bits per heavy atom. The van der Waals surface area contributed by atoms with Gasteiger partial charge < -0.3 is 9.80 Å². The largest absolute Gasteiger partial charge is 0.355 e. The van der Waals surface area contributed by atoms with Gasteiger partial charge in [0, 0.05) is 44.3 Å². The molecule has 2 aliphatic heterocycles. The van der Waals surface area contributed by atoms with Crippen molar-refractivity contribution in [2.75, 3.05) is 37.6 Å². The average molecular weight is 486 g/mol. The molecule has 0 atom stereocenters. The summed E-state index contributed by atoms with van der Waals surface area (Å²) in [6.07, 6.45) is 6.11. The Kier molecular flexibility index (Phi) is 7.27. The molecule has 3 fully saturated rings. The Bertz CT molecular complexity index is 1090. The summed E-state index contributed by atoms with van der Waals surface area (Å²) in [7, 11) is 0. The minimum absolute atomic E-state index is 0.0502. The Hall–Kier alpha value is -2.15. The van der Waals surface area contributed by atoms with Crippen LogP contribution in [0.15, 0.2) is 9.70 Å². The smallest absolute Gasteiger partial charge is 0.270 e. The number of anilines is 1. The number of amides is 1. The van der Waals surface area contributed by atoms with E-state index in [0.717, 1.165) is 69.8 Å². The number of rotatable bonds is 5. The highest BCUT2D eigenvalue weighted by atomic mass is 32.2. The summed E-state index contributed by atoms with van der Waals surface area (Å²) in [5, 5.41) is 9.75. The van der Waals surface area contributed by atoms with Gasteiger partial charge in [0.25, 0.3) is 11.5 Å². The number of thioether (sulfide) groups is 1. The summed E-state index contributed by atoms with van der Waals surface area (Å²) in [5.74, 6) is 0.756. The van der Waals surface area contributed by atoms with Crippen LogP contribution < -0.4 is 10.5 Å². The Morgan fingerprint density at radius 2 is 1.79 bits per heavy atom. The number of carbonyl (C=O) groups excluding carboxylic acids is 1. The second-order valence-electron chi connectivity index (χ2n) is 8.81. The molecule has 0 spiro atoms. The Morgan fingerprint density at radius 1 is 1.12 bits per heavy atom. The minimum atomic E-state index is -0.263. The lowest BCUT2D eigenvalue weighted by molar-refractivity contribution is -0.123. The van der Waals surface area contributed by atoms with Crippen LogP contribution in [-0.4, -0.2) is 63.4 Å². The number of nitrogens with zero attached hydrogens (tertiary/aromatic N) is 5. The molecule has 1 aromatic rings. The van der Waals surface area contributed by atoms with E-state index >= 15 is 0 Å². The highest BCUT2D eigenvalue weighted by molar-refractivity contribution is 8.26. The summed E-state index contributed by atoms with van der Waals surface area (Å²) in [6.45, 7) is 10.8. The molecule has 2 saturated heterocycles. The number of nitriles is 1. The summed E-state index contributed by atoms with van der Waals surface area (Å²) < 4.78 is 2.30. The number of thiocarbonyl (C=S) groups is 1.